The molecule has 1 saturated carbocycles. The van der Waals surface area contributed by atoms with Crippen LogP contribution in [0.4, 0.5) is 11.4 Å². The molecule has 72 heavy (non-hydrogen) atoms. The summed E-state index contributed by atoms with van der Waals surface area (Å²) in [4.78, 5) is 30.6. The highest BCUT2D eigenvalue weighted by Gasteiger charge is 2.37. The number of sulfonamides is 2. The highest BCUT2D eigenvalue weighted by Crippen LogP contribution is 2.42. The largest absolute Gasteiger partial charge is 0.364 e. The summed E-state index contributed by atoms with van der Waals surface area (Å²) in [5, 5.41) is 6.94. The number of rotatable bonds is 18. The van der Waals surface area contributed by atoms with E-state index in [0.717, 1.165) is 65.5 Å². The molecule has 0 unspecified atom stereocenters. The molecule has 4 aliphatic rings. The quantitative estimate of drug-likeness (QED) is 0.0576. The molecule has 3 N–H and O–H groups in total. The molecule has 3 aliphatic heterocycles. The van der Waals surface area contributed by atoms with Gasteiger partial charge in [0.1, 0.15) is 0 Å². The van der Waals surface area contributed by atoms with E-state index in [4.69, 9.17) is 69.6 Å². The molecule has 0 spiro atoms. The molecule has 0 radical (unpaired) electrons. The highest BCUT2D eigenvalue weighted by atomic mass is 35.5. The molecule has 2 amide bonds. The Kier molecular flexibility index (Phi) is 18.5. The molecule has 20 heteroatoms. The molecule has 3 fully saturated rings. The normalized spacial score (nSPS) is 20.3. The van der Waals surface area contributed by atoms with Crippen LogP contribution in [0, 0.1) is 17.8 Å². The Morgan fingerprint density at radius 2 is 0.903 bits per heavy atom. The lowest BCUT2D eigenvalue weighted by atomic mass is 9.88. The minimum atomic E-state index is -3.74. The van der Waals surface area contributed by atoms with Crippen molar-refractivity contribution < 1.29 is 26.4 Å². The maximum absolute atomic E-state index is 12.8. The Labute approximate surface area is 452 Å². The van der Waals surface area contributed by atoms with Gasteiger partial charge >= 0.3 is 0 Å². The number of carbonyl (C=O) groups excluding carboxylic acids is 2. The SMILES string of the molecule is O=C1c2ccccc2C(=O)N1CCS(=O)(=O)NC[C@@H]1CC[C@@H](c2ccc(Cl)cc2Cl)N(c2ccc(Cl)cc2)C1.O=S(=O)(CCNCC1CC1)NC[C@@H]1CC[C@@H](c2ccc(Cl)cc2Cl)N(c2ccc(Cl)cc2)C1. The second-order valence-corrected chi connectivity index (χ2v) is 25.2. The van der Waals surface area contributed by atoms with Crippen LogP contribution in [-0.4, -0.2) is 90.9 Å². The number of hydrogen-bond donors (Lipinski definition) is 3. The molecule has 4 atom stereocenters. The van der Waals surface area contributed by atoms with Crippen LogP contribution in [-0.2, 0) is 20.0 Å². The number of carbonyl (C=O) groups is 2. The Morgan fingerprint density at radius 3 is 1.33 bits per heavy atom. The van der Waals surface area contributed by atoms with E-state index in [-0.39, 0.29) is 48.5 Å². The van der Waals surface area contributed by atoms with Crippen molar-refractivity contribution in [3.05, 3.63) is 162 Å². The van der Waals surface area contributed by atoms with Crippen molar-refractivity contribution in [2.45, 2.75) is 50.6 Å². The average Bonchev–Trinajstić information content (AvgIpc) is 4.16. The van der Waals surface area contributed by atoms with E-state index in [1.165, 1.54) is 12.8 Å². The van der Waals surface area contributed by atoms with Gasteiger partial charge in [-0.05, 0) is 159 Å². The van der Waals surface area contributed by atoms with Gasteiger partial charge in [0, 0.05) is 80.8 Å². The number of benzene rings is 5. The van der Waals surface area contributed by atoms with Crippen molar-refractivity contribution in [2.24, 2.45) is 17.8 Å². The maximum Gasteiger partial charge on any atom is 0.261 e. The number of imide groups is 1. The molecule has 12 nitrogen and oxygen atoms in total. The van der Waals surface area contributed by atoms with E-state index in [1.807, 2.05) is 72.8 Å². The van der Waals surface area contributed by atoms with Gasteiger partial charge in [-0.2, -0.15) is 0 Å². The van der Waals surface area contributed by atoms with Crippen molar-refractivity contribution in [3.63, 3.8) is 0 Å². The van der Waals surface area contributed by atoms with Crippen LogP contribution in [0.5, 0.6) is 0 Å². The summed E-state index contributed by atoms with van der Waals surface area (Å²) >= 11 is 37.6. The lowest BCUT2D eigenvalue weighted by Crippen LogP contribution is -2.44. The van der Waals surface area contributed by atoms with Crippen molar-refractivity contribution in [1.29, 1.82) is 0 Å². The number of anilines is 2. The van der Waals surface area contributed by atoms with Crippen LogP contribution in [0.15, 0.2) is 109 Å². The van der Waals surface area contributed by atoms with Gasteiger partial charge in [-0.1, -0.05) is 93.9 Å². The molecule has 0 bridgehead atoms. The van der Waals surface area contributed by atoms with Crippen LogP contribution < -0.4 is 24.6 Å². The van der Waals surface area contributed by atoms with Gasteiger partial charge in [-0.3, -0.25) is 14.5 Å². The summed E-state index contributed by atoms with van der Waals surface area (Å²) in [6.45, 7) is 3.17. The van der Waals surface area contributed by atoms with Crippen LogP contribution in [0.1, 0.15) is 82.5 Å². The van der Waals surface area contributed by atoms with Gasteiger partial charge in [0.25, 0.3) is 11.8 Å². The smallest absolute Gasteiger partial charge is 0.261 e. The van der Waals surface area contributed by atoms with Gasteiger partial charge in [0.2, 0.25) is 20.0 Å². The third-order valence-electron chi connectivity index (χ3n) is 13.6. The Bertz CT molecular complexity index is 2920. The highest BCUT2D eigenvalue weighted by molar-refractivity contribution is 7.89. The Morgan fingerprint density at radius 1 is 0.486 bits per heavy atom. The number of halogens is 6. The third kappa shape index (κ3) is 14.4. The van der Waals surface area contributed by atoms with E-state index in [2.05, 4.69) is 24.6 Å². The minimum absolute atomic E-state index is 0.0161. The monoisotopic (exact) mass is 1130 g/mol. The topological polar surface area (TPSA) is 148 Å². The first-order valence-corrected chi connectivity index (χ1v) is 29.6. The van der Waals surface area contributed by atoms with Crippen molar-refractivity contribution in [1.82, 2.24) is 19.7 Å². The van der Waals surface area contributed by atoms with Crippen molar-refractivity contribution in [3.8, 4) is 0 Å². The second kappa shape index (κ2) is 24.4. The van der Waals surface area contributed by atoms with Gasteiger partial charge in [-0.15, -0.1) is 0 Å². The first-order valence-electron chi connectivity index (χ1n) is 24.0. The zero-order valence-electron chi connectivity index (χ0n) is 39.3. The molecule has 5 aromatic rings. The lowest BCUT2D eigenvalue weighted by molar-refractivity contribution is 0.0664. The minimum Gasteiger partial charge on any atom is -0.364 e. The molecule has 5 aromatic carbocycles. The van der Waals surface area contributed by atoms with Gasteiger partial charge < -0.3 is 15.1 Å². The van der Waals surface area contributed by atoms with Crippen molar-refractivity contribution >= 4 is 113 Å². The number of hydrogen-bond acceptors (Lipinski definition) is 9. The molecule has 384 valence electrons. The standard InChI is InChI=1S/C28H26Cl3N3O4S.C24H30Cl3N3O2S/c29-19-6-9-21(10-7-19)34-17-18(5-12-26(34)24-11-8-20(30)15-25(24)31)16-32-39(37,38)14-13-33-27(35)22-3-1-2-4-23(22)28(33)36;25-19-4-7-21(8-5-19)30-16-18(3-10-24(30)22-9-6-20(26)13-23(22)27)15-29-33(31,32)12-11-28-14-17-1-2-17/h1-4,6-11,15,18,26,32H,5,12-14,16-17H2;4-9,13,17-18,24,28-29H,1-3,10-12,14-16H2/t18-,26-;18-,24-/m00/s1. The molecular formula is C52H56Cl6N6O6S2. The summed E-state index contributed by atoms with van der Waals surface area (Å²) in [7, 11) is -7.04. The molecular weight excluding hydrogens is 1080 g/mol. The van der Waals surface area contributed by atoms with E-state index >= 15 is 0 Å². The Balaban J connectivity index is 0.000000195. The Hall–Kier alpha value is -3.64. The fourth-order valence-electron chi connectivity index (χ4n) is 9.57. The van der Waals surface area contributed by atoms with Crippen LogP contribution in [0.3, 0.4) is 0 Å². The number of nitrogens with zero attached hydrogens (tertiary/aromatic N) is 3. The van der Waals surface area contributed by atoms with E-state index in [1.54, 1.807) is 36.4 Å². The summed E-state index contributed by atoms with van der Waals surface area (Å²) in [6, 6.07) is 32.9. The van der Waals surface area contributed by atoms with Gasteiger partial charge in [0.15, 0.2) is 0 Å². The summed E-state index contributed by atoms with van der Waals surface area (Å²) < 4.78 is 56.2. The van der Waals surface area contributed by atoms with E-state index in [9.17, 15) is 26.4 Å². The molecule has 1 aliphatic carbocycles. The maximum atomic E-state index is 12.8. The lowest BCUT2D eigenvalue weighted by Gasteiger charge is -2.42. The number of nitrogens with one attached hydrogen (secondary N) is 3. The average molecular weight is 1140 g/mol. The number of fused-ring (bicyclic) bond motifs is 1. The number of piperidine rings is 2. The van der Waals surface area contributed by atoms with Crippen LogP contribution >= 0.6 is 69.6 Å². The summed E-state index contributed by atoms with van der Waals surface area (Å²) in [5.74, 6) is -0.240. The molecule has 3 heterocycles. The van der Waals surface area contributed by atoms with Crippen LogP contribution in [0.25, 0.3) is 0 Å². The molecule has 2 saturated heterocycles. The second-order valence-electron chi connectivity index (χ2n) is 18.8. The molecule has 9 rings (SSSR count). The summed E-state index contributed by atoms with van der Waals surface area (Å²) in [5.41, 5.74) is 4.56. The van der Waals surface area contributed by atoms with Gasteiger partial charge in [-0.25, -0.2) is 26.3 Å². The van der Waals surface area contributed by atoms with Crippen LogP contribution in [0.2, 0.25) is 30.1 Å². The van der Waals surface area contributed by atoms with Gasteiger partial charge in [0.05, 0.1) is 34.7 Å². The van der Waals surface area contributed by atoms with E-state index in [0.29, 0.717) is 67.4 Å². The van der Waals surface area contributed by atoms with E-state index < -0.39 is 31.9 Å². The predicted molar refractivity (Wildman–Crippen MR) is 292 cm³/mol. The summed E-state index contributed by atoms with van der Waals surface area (Å²) in [6.07, 6.45) is 5.80. The third-order valence-corrected chi connectivity index (χ3v) is 17.9. The first kappa shape index (κ1) is 54.6. The fourth-order valence-corrected chi connectivity index (χ4v) is 13.0. The van der Waals surface area contributed by atoms with Crippen molar-refractivity contribution in [2.75, 3.05) is 67.1 Å². The number of amides is 2. The first-order chi connectivity index (χ1) is 34.4. The predicted octanol–water partition coefficient (Wildman–Crippen LogP) is 11.3. The fraction of sp³-hybridized carbons (Fsp3) is 0.385. The zero-order chi connectivity index (χ0) is 51.2. The molecule has 0 aromatic heterocycles. The zero-order valence-corrected chi connectivity index (χ0v) is 45.4.